The molecule has 0 aromatic heterocycles. The molecular formula is C15H30N2. The van der Waals surface area contributed by atoms with Crippen molar-refractivity contribution in [3.05, 3.63) is 0 Å². The zero-order chi connectivity index (χ0) is 12.8. The summed E-state index contributed by atoms with van der Waals surface area (Å²) in [7, 11) is 0. The first kappa shape index (κ1) is 13.4. The molecule has 2 nitrogen and oxygen atoms in total. The Kier molecular flexibility index (Phi) is 3.33. The van der Waals surface area contributed by atoms with Gasteiger partial charge in [0.25, 0.3) is 0 Å². The van der Waals surface area contributed by atoms with Gasteiger partial charge in [-0.25, -0.2) is 0 Å². The first-order chi connectivity index (χ1) is 7.82. The average molecular weight is 238 g/mol. The summed E-state index contributed by atoms with van der Waals surface area (Å²) in [5, 5.41) is 3.63. The highest BCUT2D eigenvalue weighted by atomic mass is 15.2. The van der Waals surface area contributed by atoms with Crippen molar-refractivity contribution in [2.45, 2.75) is 60.0 Å². The average Bonchev–Trinajstić information content (AvgIpc) is 2.62. The van der Waals surface area contributed by atoms with Gasteiger partial charge in [0, 0.05) is 18.6 Å². The number of hydrogen-bond donors (Lipinski definition) is 1. The molecule has 2 rings (SSSR count). The normalized spacial score (nSPS) is 37.1. The van der Waals surface area contributed by atoms with Crippen molar-refractivity contribution in [1.29, 1.82) is 0 Å². The standard InChI is InChI=1S/C15H30N2/c1-7-16-12-8-9-17(10-11(12)2)13-14(3,4)15(13,5)6/h11-13,16H,7-10H2,1-6H3. The van der Waals surface area contributed by atoms with E-state index in [9.17, 15) is 0 Å². The lowest BCUT2D eigenvalue weighted by atomic mass is 9.93. The molecule has 0 aromatic rings. The first-order valence-electron chi connectivity index (χ1n) is 7.29. The van der Waals surface area contributed by atoms with Gasteiger partial charge < -0.3 is 5.32 Å². The smallest absolute Gasteiger partial charge is 0.0209 e. The topological polar surface area (TPSA) is 15.3 Å². The second kappa shape index (κ2) is 4.24. The van der Waals surface area contributed by atoms with E-state index in [-0.39, 0.29) is 0 Å². The Morgan fingerprint density at radius 3 is 2.18 bits per heavy atom. The lowest BCUT2D eigenvalue weighted by molar-refractivity contribution is 0.122. The Balaban J connectivity index is 1.95. The summed E-state index contributed by atoms with van der Waals surface area (Å²) >= 11 is 0. The van der Waals surface area contributed by atoms with Crippen molar-refractivity contribution in [3.8, 4) is 0 Å². The van der Waals surface area contributed by atoms with E-state index in [4.69, 9.17) is 0 Å². The zero-order valence-electron chi connectivity index (χ0n) is 12.5. The van der Waals surface area contributed by atoms with Crippen LogP contribution in [0.4, 0.5) is 0 Å². The van der Waals surface area contributed by atoms with Gasteiger partial charge in [0.2, 0.25) is 0 Å². The van der Waals surface area contributed by atoms with Crippen LogP contribution < -0.4 is 5.32 Å². The summed E-state index contributed by atoms with van der Waals surface area (Å²) in [6.07, 6.45) is 1.32. The number of likely N-dealkylation sites (tertiary alicyclic amines) is 1. The van der Waals surface area contributed by atoms with Gasteiger partial charge in [-0.15, -0.1) is 0 Å². The molecule has 1 N–H and O–H groups in total. The molecule has 2 atom stereocenters. The van der Waals surface area contributed by atoms with E-state index in [1.54, 1.807) is 0 Å². The highest BCUT2D eigenvalue weighted by Gasteiger charge is 2.67. The quantitative estimate of drug-likeness (QED) is 0.813. The summed E-state index contributed by atoms with van der Waals surface area (Å²) in [4.78, 5) is 2.75. The predicted octanol–water partition coefficient (Wildman–Crippen LogP) is 2.74. The van der Waals surface area contributed by atoms with E-state index in [0.717, 1.165) is 24.5 Å². The van der Waals surface area contributed by atoms with Crippen LogP contribution in [-0.4, -0.2) is 36.6 Å². The molecule has 0 aromatic carbocycles. The number of rotatable bonds is 3. The van der Waals surface area contributed by atoms with Gasteiger partial charge in [-0.1, -0.05) is 41.5 Å². The summed E-state index contributed by atoms with van der Waals surface area (Å²) in [5.41, 5.74) is 0.996. The van der Waals surface area contributed by atoms with Crippen molar-refractivity contribution in [2.75, 3.05) is 19.6 Å². The second-order valence-electron chi connectivity index (χ2n) is 7.27. The maximum Gasteiger partial charge on any atom is 0.0209 e. The molecule has 0 amide bonds. The van der Waals surface area contributed by atoms with Crippen molar-refractivity contribution in [3.63, 3.8) is 0 Å². The van der Waals surface area contributed by atoms with E-state index in [2.05, 4.69) is 51.8 Å². The van der Waals surface area contributed by atoms with Gasteiger partial charge in [-0.3, -0.25) is 4.90 Å². The minimum atomic E-state index is 0.498. The largest absolute Gasteiger partial charge is 0.314 e. The summed E-state index contributed by atoms with van der Waals surface area (Å²) in [5.74, 6) is 0.788. The zero-order valence-corrected chi connectivity index (χ0v) is 12.5. The van der Waals surface area contributed by atoms with Gasteiger partial charge in [0.15, 0.2) is 0 Å². The van der Waals surface area contributed by atoms with Crippen LogP contribution in [-0.2, 0) is 0 Å². The third kappa shape index (κ3) is 2.04. The van der Waals surface area contributed by atoms with Gasteiger partial charge >= 0.3 is 0 Å². The maximum atomic E-state index is 3.63. The third-order valence-electron chi connectivity index (χ3n) is 5.71. The van der Waals surface area contributed by atoms with Crippen LogP contribution in [0.25, 0.3) is 0 Å². The monoisotopic (exact) mass is 238 g/mol. The molecule has 100 valence electrons. The molecule has 17 heavy (non-hydrogen) atoms. The Morgan fingerprint density at radius 2 is 1.76 bits per heavy atom. The Hall–Kier alpha value is -0.0800. The first-order valence-corrected chi connectivity index (χ1v) is 7.29. The van der Waals surface area contributed by atoms with Gasteiger partial charge in [-0.2, -0.15) is 0 Å². The fraction of sp³-hybridized carbons (Fsp3) is 1.00. The Labute approximate surface area is 107 Å². The minimum absolute atomic E-state index is 0.498. The predicted molar refractivity (Wildman–Crippen MR) is 74.2 cm³/mol. The number of nitrogens with zero attached hydrogens (tertiary/aromatic N) is 1. The fourth-order valence-corrected chi connectivity index (χ4v) is 4.05. The van der Waals surface area contributed by atoms with Crippen molar-refractivity contribution in [1.82, 2.24) is 10.2 Å². The van der Waals surface area contributed by atoms with Crippen LogP contribution in [0.3, 0.4) is 0 Å². The van der Waals surface area contributed by atoms with E-state index < -0.39 is 0 Å². The van der Waals surface area contributed by atoms with Crippen LogP contribution in [0.2, 0.25) is 0 Å². The van der Waals surface area contributed by atoms with Crippen molar-refractivity contribution >= 4 is 0 Å². The van der Waals surface area contributed by atoms with Gasteiger partial charge in [-0.05, 0) is 36.3 Å². The number of piperidine rings is 1. The van der Waals surface area contributed by atoms with E-state index >= 15 is 0 Å². The van der Waals surface area contributed by atoms with E-state index in [1.807, 2.05) is 0 Å². The number of nitrogens with one attached hydrogen (secondary N) is 1. The highest BCUT2D eigenvalue weighted by Crippen LogP contribution is 2.65. The molecule has 2 unspecified atom stereocenters. The van der Waals surface area contributed by atoms with E-state index in [0.29, 0.717) is 10.8 Å². The number of hydrogen-bond acceptors (Lipinski definition) is 2. The molecule has 1 saturated heterocycles. The van der Waals surface area contributed by atoms with Crippen LogP contribution >= 0.6 is 0 Å². The molecule has 0 radical (unpaired) electrons. The SMILES string of the molecule is CCNC1CCN(C2C(C)(C)C2(C)C)CC1C. The summed E-state index contributed by atoms with van der Waals surface area (Å²) in [6, 6.07) is 1.53. The second-order valence-corrected chi connectivity index (χ2v) is 7.27. The summed E-state index contributed by atoms with van der Waals surface area (Å²) < 4.78 is 0. The minimum Gasteiger partial charge on any atom is -0.314 e. The molecule has 1 heterocycles. The van der Waals surface area contributed by atoms with Crippen molar-refractivity contribution in [2.24, 2.45) is 16.7 Å². The molecule has 2 fully saturated rings. The molecule has 0 spiro atoms. The Morgan fingerprint density at radius 1 is 1.18 bits per heavy atom. The highest BCUT2D eigenvalue weighted by molar-refractivity contribution is 5.19. The lowest BCUT2D eigenvalue weighted by Crippen LogP contribution is -2.49. The molecule has 2 heteroatoms. The van der Waals surface area contributed by atoms with Gasteiger partial charge in [0.05, 0.1) is 0 Å². The molecule has 1 aliphatic carbocycles. The molecule has 1 saturated carbocycles. The van der Waals surface area contributed by atoms with E-state index in [1.165, 1.54) is 19.5 Å². The maximum absolute atomic E-state index is 3.63. The van der Waals surface area contributed by atoms with Crippen LogP contribution in [0, 0.1) is 16.7 Å². The fourth-order valence-electron chi connectivity index (χ4n) is 4.05. The van der Waals surface area contributed by atoms with Crippen LogP contribution in [0.15, 0.2) is 0 Å². The molecule has 1 aliphatic heterocycles. The molecule has 2 aliphatic rings. The summed E-state index contributed by atoms with van der Waals surface area (Å²) in [6.45, 7) is 18.0. The van der Waals surface area contributed by atoms with Crippen LogP contribution in [0.5, 0.6) is 0 Å². The Bertz CT molecular complexity index is 269. The van der Waals surface area contributed by atoms with Crippen LogP contribution in [0.1, 0.15) is 48.0 Å². The third-order valence-corrected chi connectivity index (χ3v) is 5.71. The van der Waals surface area contributed by atoms with Gasteiger partial charge in [0.1, 0.15) is 0 Å². The molecule has 0 bridgehead atoms. The lowest BCUT2D eigenvalue weighted by Gasteiger charge is -2.38. The van der Waals surface area contributed by atoms with Crippen molar-refractivity contribution < 1.29 is 0 Å². The molecular weight excluding hydrogens is 208 g/mol.